The largest absolute Gasteiger partial charge is 0.448 e. The predicted octanol–water partition coefficient (Wildman–Crippen LogP) is 1.93. The van der Waals surface area contributed by atoms with Crippen molar-refractivity contribution in [1.82, 2.24) is 4.98 Å². The molecule has 3 heteroatoms. The summed E-state index contributed by atoms with van der Waals surface area (Å²) in [5.41, 5.74) is 0.500. The zero-order valence-corrected chi connectivity index (χ0v) is 7.04. The van der Waals surface area contributed by atoms with Gasteiger partial charge < -0.3 is 4.42 Å². The smallest absolute Gasteiger partial charge is 0.200 e. The van der Waals surface area contributed by atoms with Crippen LogP contribution in [0.15, 0.2) is 10.7 Å². The first-order chi connectivity index (χ1) is 5.74. The first-order valence-electron chi connectivity index (χ1n) is 4.16. The molecule has 1 aromatic heterocycles. The van der Waals surface area contributed by atoms with E-state index in [1.54, 1.807) is 0 Å². The van der Waals surface area contributed by atoms with E-state index in [9.17, 15) is 4.79 Å². The Morgan fingerprint density at radius 2 is 2.42 bits per heavy atom. The Bertz CT molecular complexity index is 299. The van der Waals surface area contributed by atoms with E-state index in [4.69, 9.17) is 4.42 Å². The van der Waals surface area contributed by atoms with Gasteiger partial charge in [-0.1, -0.05) is 13.3 Å². The van der Waals surface area contributed by atoms with Crippen molar-refractivity contribution in [2.75, 3.05) is 0 Å². The molecule has 0 aromatic carbocycles. The average molecular weight is 165 g/mol. The molecule has 0 saturated heterocycles. The highest BCUT2D eigenvalue weighted by Gasteiger charge is 2.38. The summed E-state index contributed by atoms with van der Waals surface area (Å²) in [5, 5.41) is 0. The van der Waals surface area contributed by atoms with Crippen LogP contribution in [-0.2, 0) is 5.41 Å². The zero-order valence-electron chi connectivity index (χ0n) is 7.04. The quantitative estimate of drug-likeness (QED) is 0.629. The van der Waals surface area contributed by atoms with Crippen LogP contribution in [0.25, 0.3) is 0 Å². The van der Waals surface area contributed by atoms with Crippen molar-refractivity contribution in [3.05, 3.63) is 17.8 Å². The van der Waals surface area contributed by atoms with Crippen molar-refractivity contribution in [3.63, 3.8) is 0 Å². The van der Waals surface area contributed by atoms with Gasteiger partial charge in [-0.3, -0.25) is 4.79 Å². The van der Waals surface area contributed by atoms with Gasteiger partial charge >= 0.3 is 0 Å². The van der Waals surface area contributed by atoms with Crippen molar-refractivity contribution < 1.29 is 9.21 Å². The molecule has 0 atom stereocenters. The number of hydrogen-bond acceptors (Lipinski definition) is 3. The molecule has 12 heavy (non-hydrogen) atoms. The van der Waals surface area contributed by atoms with Crippen molar-refractivity contribution in [2.45, 2.75) is 31.6 Å². The lowest BCUT2D eigenvalue weighted by Gasteiger charge is -2.34. The summed E-state index contributed by atoms with van der Waals surface area (Å²) in [6.07, 6.45) is 5.61. The number of aromatic nitrogens is 1. The summed E-state index contributed by atoms with van der Waals surface area (Å²) < 4.78 is 5.22. The van der Waals surface area contributed by atoms with Gasteiger partial charge in [0.05, 0.1) is 0 Å². The molecule has 1 aliphatic rings. The highest BCUT2D eigenvalue weighted by atomic mass is 16.3. The summed E-state index contributed by atoms with van der Waals surface area (Å²) in [6, 6.07) is 0. The Morgan fingerprint density at radius 3 is 2.83 bits per heavy atom. The molecule has 0 radical (unpaired) electrons. The molecule has 64 valence electrons. The highest BCUT2D eigenvalue weighted by molar-refractivity contribution is 5.70. The third kappa shape index (κ3) is 0.967. The van der Waals surface area contributed by atoms with Gasteiger partial charge in [-0.25, -0.2) is 4.98 Å². The monoisotopic (exact) mass is 165 g/mol. The van der Waals surface area contributed by atoms with E-state index in [1.165, 1.54) is 12.7 Å². The van der Waals surface area contributed by atoms with Gasteiger partial charge in [0.15, 0.2) is 6.29 Å². The van der Waals surface area contributed by atoms with Gasteiger partial charge in [-0.2, -0.15) is 0 Å². The third-order valence-electron chi connectivity index (χ3n) is 2.62. The van der Waals surface area contributed by atoms with Crippen LogP contribution in [0, 0.1) is 0 Å². The second-order valence-electron chi connectivity index (χ2n) is 3.61. The molecule has 2 rings (SSSR count). The fourth-order valence-electron chi connectivity index (χ4n) is 1.54. The topological polar surface area (TPSA) is 43.1 Å². The van der Waals surface area contributed by atoms with E-state index in [0.717, 1.165) is 25.0 Å². The van der Waals surface area contributed by atoms with E-state index >= 15 is 0 Å². The zero-order chi connectivity index (χ0) is 8.60. The van der Waals surface area contributed by atoms with Gasteiger partial charge in [0.25, 0.3) is 0 Å². The summed E-state index contributed by atoms with van der Waals surface area (Å²) in [4.78, 5) is 14.4. The number of carbonyl (C=O) groups is 1. The molecule has 0 N–H and O–H groups in total. The Hall–Kier alpha value is -1.12. The lowest BCUT2D eigenvalue weighted by Crippen LogP contribution is -2.30. The fourth-order valence-corrected chi connectivity index (χ4v) is 1.54. The highest BCUT2D eigenvalue weighted by Crippen LogP contribution is 2.42. The molecule has 0 amide bonds. The maximum absolute atomic E-state index is 10.3. The average Bonchev–Trinajstić information content (AvgIpc) is 2.48. The van der Waals surface area contributed by atoms with Crippen molar-refractivity contribution in [1.29, 1.82) is 0 Å². The first kappa shape index (κ1) is 7.53. The normalized spacial score (nSPS) is 20.1. The van der Waals surface area contributed by atoms with Gasteiger partial charge in [-0.15, -0.1) is 0 Å². The minimum absolute atomic E-state index is 0.0985. The molecule has 1 heterocycles. The molecule has 1 fully saturated rings. The number of aldehydes is 1. The van der Waals surface area contributed by atoms with Gasteiger partial charge in [0.2, 0.25) is 5.89 Å². The van der Waals surface area contributed by atoms with Crippen LogP contribution in [-0.4, -0.2) is 11.3 Å². The minimum Gasteiger partial charge on any atom is -0.448 e. The van der Waals surface area contributed by atoms with E-state index in [0.29, 0.717) is 5.69 Å². The van der Waals surface area contributed by atoms with E-state index in [-0.39, 0.29) is 5.41 Å². The number of oxazole rings is 1. The number of rotatable bonds is 2. The Kier molecular flexibility index (Phi) is 1.53. The molecule has 1 saturated carbocycles. The SMILES string of the molecule is CC1(c2nc(C=O)co2)CCC1. The fraction of sp³-hybridized carbons (Fsp3) is 0.556. The van der Waals surface area contributed by atoms with Crippen LogP contribution in [0.5, 0.6) is 0 Å². The molecule has 0 bridgehead atoms. The van der Waals surface area contributed by atoms with Crippen molar-refractivity contribution in [2.24, 2.45) is 0 Å². The molecular formula is C9H11NO2. The maximum Gasteiger partial charge on any atom is 0.200 e. The number of nitrogens with zero attached hydrogens (tertiary/aromatic N) is 1. The van der Waals surface area contributed by atoms with E-state index < -0.39 is 0 Å². The van der Waals surface area contributed by atoms with Crippen LogP contribution in [0.4, 0.5) is 0 Å². The lowest BCUT2D eigenvalue weighted by atomic mass is 9.70. The van der Waals surface area contributed by atoms with Gasteiger partial charge in [-0.05, 0) is 12.8 Å². The first-order valence-corrected chi connectivity index (χ1v) is 4.16. The maximum atomic E-state index is 10.3. The summed E-state index contributed by atoms with van der Waals surface area (Å²) in [5.74, 6) is 0.718. The Morgan fingerprint density at radius 1 is 1.67 bits per heavy atom. The van der Waals surface area contributed by atoms with E-state index in [2.05, 4.69) is 11.9 Å². The molecule has 1 aromatic rings. The summed E-state index contributed by atoms with van der Waals surface area (Å²) >= 11 is 0. The van der Waals surface area contributed by atoms with Crippen LogP contribution in [0.1, 0.15) is 42.6 Å². The standard InChI is InChI=1S/C9H11NO2/c1-9(3-2-4-9)8-10-7(5-11)6-12-8/h5-6H,2-4H2,1H3. The third-order valence-corrected chi connectivity index (χ3v) is 2.62. The van der Waals surface area contributed by atoms with Gasteiger partial charge in [0.1, 0.15) is 12.0 Å². The second kappa shape index (κ2) is 2.44. The molecule has 3 nitrogen and oxygen atoms in total. The van der Waals surface area contributed by atoms with Crippen molar-refractivity contribution in [3.8, 4) is 0 Å². The van der Waals surface area contributed by atoms with E-state index in [1.807, 2.05) is 0 Å². The molecular weight excluding hydrogens is 154 g/mol. The van der Waals surface area contributed by atoms with Crippen LogP contribution in [0.2, 0.25) is 0 Å². The Labute approximate surface area is 70.8 Å². The predicted molar refractivity (Wildman–Crippen MR) is 43.1 cm³/mol. The van der Waals surface area contributed by atoms with Crippen molar-refractivity contribution >= 4 is 6.29 Å². The minimum atomic E-state index is 0.0985. The molecule has 0 spiro atoms. The van der Waals surface area contributed by atoms with Crippen LogP contribution >= 0.6 is 0 Å². The molecule has 0 unspecified atom stereocenters. The number of carbonyl (C=O) groups excluding carboxylic acids is 1. The van der Waals surface area contributed by atoms with Crippen LogP contribution < -0.4 is 0 Å². The summed E-state index contributed by atoms with van der Waals surface area (Å²) in [7, 11) is 0. The van der Waals surface area contributed by atoms with Crippen LogP contribution in [0.3, 0.4) is 0 Å². The lowest BCUT2D eigenvalue weighted by molar-refractivity contribution is 0.111. The second-order valence-corrected chi connectivity index (χ2v) is 3.61. The Balaban J connectivity index is 2.27. The molecule has 1 aliphatic carbocycles. The number of hydrogen-bond donors (Lipinski definition) is 0. The summed E-state index contributed by atoms with van der Waals surface area (Å²) in [6.45, 7) is 2.12. The molecule has 0 aliphatic heterocycles. The van der Waals surface area contributed by atoms with Gasteiger partial charge in [0, 0.05) is 5.41 Å².